The van der Waals surface area contributed by atoms with Gasteiger partial charge in [-0.05, 0) is 53.8 Å². The molecule has 3 aromatic rings. The zero-order chi connectivity index (χ0) is 24.0. The number of rotatable bonds is 9. The first-order chi connectivity index (χ1) is 15.8. The lowest BCUT2D eigenvalue weighted by Crippen LogP contribution is -2.43. The lowest BCUT2D eigenvalue weighted by Gasteiger charge is -2.27. The van der Waals surface area contributed by atoms with Crippen LogP contribution in [-0.2, 0) is 11.2 Å². The van der Waals surface area contributed by atoms with Crippen molar-refractivity contribution in [3.8, 4) is 17.2 Å². The summed E-state index contributed by atoms with van der Waals surface area (Å²) >= 11 is 5.97. The van der Waals surface area contributed by atoms with Crippen LogP contribution in [0.15, 0.2) is 42.5 Å². The molecule has 0 aliphatic rings. The minimum absolute atomic E-state index is 0.0559. The molecule has 0 fully saturated rings. The highest BCUT2D eigenvalue weighted by Crippen LogP contribution is 2.30. The Labute approximate surface area is 193 Å². The number of carboxylic acid groups (broad SMARTS) is 1. The van der Waals surface area contributed by atoms with E-state index >= 15 is 0 Å². The van der Waals surface area contributed by atoms with E-state index in [9.17, 15) is 24.3 Å². The van der Waals surface area contributed by atoms with Crippen molar-refractivity contribution in [1.82, 2.24) is 25.9 Å². The van der Waals surface area contributed by atoms with Gasteiger partial charge < -0.3 is 10.4 Å². The molecule has 0 radical (unpaired) electrons. The Morgan fingerprint density at radius 1 is 1.30 bits per heavy atom. The number of carbonyl (C=O) groups is 2. The standard InChI is InChI=1S/C22H20ClFN6O3/c1-2-22(12-25,21(32)33)11-16(26-20(31)19-27-29-30-28-19)9-13-3-5-14(6-4-13)17-10-15(23)7-8-18(17)24/h3-8,10,16H,2,9,11H2,1H3,(H,26,31)(H,32,33)(H,27,28,29,30)/t16-,22?/m1/s1. The fraction of sp³-hybridized carbons (Fsp3) is 0.273. The summed E-state index contributed by atoms with van der Waals surface area (Å²) in [4.78, 5) is 24.3. The third-order valence-electron chi connectivity index (χ3n) is 5.38. The molecule has 11 heteroatoms. The van der Waals surface area contributed by atoms with Gasteiger partial charge in [-0.1, -0.05) is 42.8 Å². The van der Waals surface area contributed by atoms with Crippen LogP contribution < -0.4 is 5.32 Å². The third kappa shape index (κ3) is 5.51. The minimum Gasteiger partial charge on any atom is -0.480 e. The van der Waals surface area contributed by atoms with Gasteiger partial charge in [0.25, 0.3) is 11.7 Å². The molecule has 1 aromatic heterocycles. The Morgan fingerprint density at radius 2 is 2.03 bits per heavy atom. The number of nitrogens with one attached hydrogen (secondary N) is 2. The summed E-state index contributed by atoms with van der Waals surface area (Å²) in [5, 5.41) is 35.1. The van der Waals surface area contributed by atoms with Crippen molar-refractivity contribution in [1.29, 1.82) is 5.26 Å². The molecule has 3 N–H and O–H groups in total. The SMILES string of the molecule is CCC(C#N)(C[C@@H](Cc1ccc(-c2cc(Cl)ccc2F)cc1)NC(=O)c1nn[nH]n1)C(=O)O. The topological polar surface area (TPSA) is 145 Å². The van der Waals surface area contributed by atoms with Gasteiger partial charge in [0.1, 0.15) is 5.82 Å². The van der Waals surface area contributed by atoms with Crippen molar-refractivity contribution in [3.05, 3.63) is 64.7 Å². The Kier molecular flexibility index (Phi) is 7.35. The predicted molar refractivity (Wildman–Crippen MR) is 117 cm³/mol. The monoisotopic (exact) mass is 470 g/mol. The van der Waals surface area contributed by atoms with Crippen LogP contribution in [0, 0.1) is 22.6 Å². The van der Waals surface area contributed by atoms with E-state index in [1.807, 2.05) is 6.07 Å². The predicted octanol–water partition coefficient (Wildman–Crippen LogP) is 3.39. The number of hydrogen-bond donors (Lipinski definition) is 3. The van der Waals surface area contributed by atoms with Crippen LogP contribution in [0.1, 0.15) is 35.9 Å². The van der Waals surface area contributed by atoms with Crippen molar-refractivity contribution in [2.45, 2.75) is 32.2 Å². The number of benzene rings is 2. The molecule has 2 aromatic carbocycles. The van der Waals surface area contributed by atoms with Gasteiger partial charge in [0.2, 0.25) is 0 Å². The second kappa shape index (κ2) is 10.2. The molecule has 0 saturated carbocycles. The van der Waals surface area contributed by atoms with Crippen molar-refractivity contribution < 1.29 is 19.1 Å². The molecule has 9 nitrogen and oxygen atoms in total. The highest BCUT2D eigenvalue weighted by atomic mass is 35.5. The van der Waals surface area contributed by atoms with E-state index in [1.165, 1.54) is 18.2 Å². The number of nitriles is 1. The fourth-order valence-corrected chi connectivity index (χ4v) is 3.65. The summed E-state index contributed by atoms with van der Waals surface area (Å²) in [6.45, 7) is 1.60. The van der Waals surface area contributed by atoms with Crippen LogP contribution in [0.25, 0.3) is 11.1 Å². The summed E-state index contributed by atoms with van der Waals surface area (Å²) in [6, 6.07) is 12.3. The molecule has 1 heterocycles. The number of aromatic nitrogens is 4. The first-order valence-corrected chi connectivity index (χ1v) is 10.4. The summed E-state index contributed by atoms with van der Waals surface area (Å²) in [5.41, 5.74) is 0.0138. The molecule has 2 atom stereocenters. The van der Waals surface area contributed by atoms with Gasteiger partial charge in [0.05, 0.1) is 6.07 Å². The summed E-state index contributed by atoms with van der Waals surface area (Å²) < 4.78 is 14.2. The Hall–Kier alpha value is -3.84. The normalized spacial score (nSPS) is 13.5. The molecule has 0 saturated heterocycles. The quantitative estimate of drug-likeness (QED) is 0.434. The van der Waals surface area contributed by atoms with Crippen LogP contribution in [0.2, 0.25) is 5.02 Å². The zero-order valence-electron chi connectivity index (χ0n) is 17.5. The molecule has 170 valence electrons. The number of aromatic amines is 1. The first-order valence-electron chi connectivity index (χ1n) is 10.0. The number of halogens is 2. The Bertz CT molecular complexity index is 1180. The van der Waals surface area contributed by atoms with Gasteiger partial charge >= 0.3 is 5.97 Å². The molecule has 0 bridgehead atoms. The maximum Gasteiger partial charge on any atom is 0.324 e. The summed E-state index contributed by atoms with van der Waals surface area (Å²) in [7, 11) is 0. The van der Waals surface area contributed by atoms with Crippen LogP contribution in [0.4, 0.5) is 4.39 Å². The largest absolute Gasteiger partial charge is 0.480 e. The lowest BCUT2D eigenvalue weighted by atomic mass is 9.79. The minimum atomic E-state index is -1.68. The van der Waals surface area contributed by atoms with Crippen LogP contribution in [0.3, 0.4) is 0 Å². The van der Waals surface area contributed by atoms with Crippen molar-refractivity contribution >= 4 is 23.5 Å². The van der Waals surface area contributed by atoms with Gasteiger partial charge in [-0.25, -0.2) is 4.39 Å². The van der Waals surface area contributed by atoms with Gasteiger partial charge in [0, 0.05) is 16.6 Å². The number of amides is 1. The molecule has 1 unspecified atom stereocenters. The maximum atomic E-state index is 14.2. The molecular formula is C22H20ClFN6O3. The van der Waals surface area contributed by atoms with Crippen molar-refractivity contribution in [3.63, 3.8) is 0 Å². The number of aliphatic carboxylic acids is 1. The average molecular weight is 471 g/mol. The first kappa shape index (κ1) is 23.8. The lowest BCUT2D eigenvalue weighted by molar-refractivity contribution is -0.146. The van der Waals surface area contributed by atoms with E-state index in [4.69, 9.17) is 11.6 Å². The highest BCUT2D eigenvalue weighted by molar-refractivity contribution is 6.30. The Balaban J connectivity index is 1.86. The van der Waals surface area contributed by atoms with Crippen molar-refractivity contribution in [2.75, 3.05) is 0 Å². The van der Waals surface area contributed by atoms with Crippen LogP contribution in [-0.4, -0.2) is 43.6 Å². The van der Waals surface area contributed by atoms with E-state index in [-0.39, 0.29) is 25.1 Å². The maximum absolute atomic E-state index is 14.2. The summed E-state index contributed by atoms with van der Waals surface area (Å²) in [6.07, 6.45) is 0.141. The molecule has 0 aliphatic carbocycles. The number of carbonyl (C=O) groups excluding carboxylic acids is 1. The van der Waals surface area contributed by atoms with Crippen LogP contribution in [0.5, 0.6) is 0 Å². The van der Waals surface area contributed by atoms with Crippen molar-refractivity contribution in [2.24, 2.45) is 5.41 Å². The number of hydrogen-bond acceptors (Lipinski definition) is 6. The number of nitrogens with zero attached hydrogens (tertiary/aromatic N) is 4. The van der Waals surface area contributed by atoms with E-state index in [2.05, 4.69) is 25.9 Å². The second-order valence-electron chi connectivity index (χ2n) is 7.49. The van der Waals surface area contributed by atoms with Gasteiger partial charge in [-0.2, -0.15) is 10.5 Å². The second-order valence-corrected chi connectivity index (χ2v) is 7.92. The van der Waals surface area contributed by atoms with Crippen LogP contribution >= 0.6 is 11.6 Å². The molecule has 0 spiro atoms. The van der Waals surface area contributed by atoms with Gasteiger partial charge in [0.15, 0.2) is 5.41 Å². The zero-order valence-corrected chi connectivity index (χ0v) is 18.3. The summed E-state index contributed by atoms with van der Waals surface area (Å²) in [5.74, 6) is -2.54. The molecule has 1 amide bonds. The van der Waals surface area contributed by atoms with Gasteiger partial charge in [-0.3, -0.25) is 9.59 Å². The number of H-pyrrole nitrogens is 1. The number of carboxylic acids is 1. The smallest absolute Gasteiger partial charge is 0.324 e. The fourth-order valence-electron chi connectivity index (χ4n) is 3.48. The molecular weight excluding hydrogens is 451 g/mol. The van der Waals surface area contributed by atoms with E-state index in [0.29, 0.717) is 16.1 Å². The van der Waals surface area contributed by atoms with E-state index < -0.39 is 29.2 Å². The Morgan fingerprint density at radius 3 is 2.61 bits per heavy atom. The third-order valence-corrected chi connectivity index (χ3v) is 5.62. The molecule has 33 heavy (non-hydrogen) atoms. The number of tetrazole rings is 1. The highest BCUT2D eigenvalue weighted by Gasteiger charge is 2.40. The van der Waals surface area contributed by atoms with E-state index in [0.717, 1.165) is 5.56 Å². The molecule has 3 rings (SSSR count). The average Bonchev–Trinajstić information content (AvgIpc) is 3.34. The molecule has 0 aliphatic heterocycles. The van der Waals surface area contributed by atoms with Gasteiger partial charge in [-0.15, -0.1) is 10.2 Å². The van der Waals surface area contributed by atoms with E-state index in [1.54, 1.807) is 31.2 Å².